The highest BCUT2D eigenvalue weighted by atomic mass is 79.9. The fourth-order valence-corrected chi connectivity index (χ4v) is 3.00. The third-order valence-corrected chi connectivity index (χ3v) is 4.36. The van der Waals surface area contributed by atoms with E-state index in [1.54, 1.807) is 7.11 Å². The van der Waals surface area contributed by atoms with Crippen molar-refractivity contribution < 1.29 is 14.3 Å². The molecule has 6 heteroatoms. The van der Waals surface area contributed by atoms with Crippen LogP contribution in [0, 0.1) is 0 Å². The number of halogens is 1. The Hall–Kier alpha value is -1.56. The normalized spacial score (nSPS) is 14.9. The van der Waals surface area contributed by atoms with Crippen LogP contribution in [0.4, 0.5) is 0 Å². The van der Waals surface area contributed by atoms with Gasteiger partial charge in [0.05, 0.1) is 13.5 Å². The summed E-state index contributed by atoms with van der Waals surface area (Å²) in [4.78, 5) is 27.7. The van der Waals surface area contributed by atoms with Crippen LogP contribution >= 0.6 is 15.9 Å². The highest BCUT2D eigenvalue weighted by molar-refractivity contribution is 9.10. The van der Waals surface area contributed by atoms with Crippen molar-refractivity contribution in [2.45, 2.75) is 19.8 Å². The van der Waals surface area contributed by atoms with Crippen molar-refractivity contribution in [2.24, 2.45) is 0 Å². The highest BCUT2D eigenvalue weighted by Gasteiger charge is 2.23. The lowest BCUT2D eigenvalue weighted by molar-refractivity contribution is -0.139. The largest absolute Gasteiger partial charge is 0.496 e. The maximum absolute atomic E-state index is 12.4. The number of carbonyl (C=O) groups excluding carboxylic acids is 2. The van der Waals surface area contributed by atoms with Crippen LogP contribution in [0.1, 0.15) is 18.9 Å². The zero-order chi connectivity index (χ0) is 16.1. The minimum Gasteiger partial charge on any atom is -0.496 e. The summed E-state index contributed by atoms with van der Waals surface area (Å²) >= 11 is 3.42. The number of rotatable bonds is 4. The summed E-state index contributed by atoms with van der Waals surface area (Å²) in [5.74, 6) is 0.942. The predicted octanol–water partition coefficient (Wildman–Crippen LogP) is 2.08. The van der Waals surface area contributed by atoms with Crippen molar-refractivity contribution in [3.05, 3.63) is 28.2 Å². The summed E-state index contributed by atoms with van der Waals surface area (Å²) in [6, 6.07) is 5.65. The van der Waals surface area contributed by atoms with E-state index in [2.05, 4.69) is 15.9 Å². The molecular formula is C16H21BrN2O3. The second-order valence-corrected chi connectivity index (χ2v) is 6.16. The second-order valence-electron chi connectivity index (χ2n) is 5.25. The molecule has 1 heterocycles. The zero-order valence-corrected chi connectivity index (χ0v) is 14.6. The van der Waals surface area contributed by atoms with E-state index in [0.717, 1.165) is 15.8 Å². The number of piperazine rings is 1. The maximum Gasteiger partial charge on any atom is 0.227 e. The van der Waals surface area contributed by atoms with Crippen LogP contribution < -0.4 is 4.74 Å². The summed E-state index contributed by atoms with van der Waals surface area (Å²) in [5, 5.41) is 0. The first-order valence-electron chi connectivity index (χ1n) is 7.43. The van der Waals surface area contributed by atoms with Gasteiger partial charge in [-0.05, 0) is 18.2 Å². The van der Waals surface area contributed by atoms with E-state index in [4.69, 9.17) is 4.74 Å². The summed E-state index contributed by atoms with van der Waals surface area (Å²) in [7, 11) is 1.60. The van der Waals surface area contributed by atoms with E-state index in [-0.39, 0.29) is 11.8 Å². The molecule has 0 spiro atoms. The summed E-state index contributed by atoms with van der Waals surface area (Å²) in [5.41, 5.74) is 0.869. The zero-order valence-electron chi connectivity index (χ0n) is 13.0. The fourth-order valence-electron chi connectivity index (χ4n) is 2.59. The Labute approximate surface area is 139 Å². The molecule has 2 amide bonds. The lowest BCUT2D eigenvalue weighted by Crippen LogP contribution is -2.50. The second kappa shape index (κ2) is 7.63. The van der Waals surface area contributed by atoms with E-state index in [1.165, 1.54) is 0 Å². The van der Waals surface area contributed by atoms with Crippen molar-refractivity contribution in [2.75, 3.05) is 33.3 Å². The molecular weight excluding hydrogens is 348 g/mol. The Bertz CT molecular complexity index is 554. The minimum atomic E-state index is 0.0694. The molecule has 0 aromatic heterocycles. The molecule has 120 valence electrons. The maximum atomic E-state index is 12.4. The fraction of sp³-hybridized carbons (Fsp3) is 0.500. The van der Waals surface area contributed by atoms with Gasteiger partial charge >= 0.3 is 0 Å². The van der Waals surface area contributed by atoms with Crippen LogP contribution in [-0.2, 0) is 16.0 Å². The number of carbonyl (C=O) groups is 2. The van der Waals surface area contributed by atoms with E-state index >= 15 is 0 Å². The van der Waals surface area contributed by atoms with Crippen molar-refractivity contribution >= 4 is 27.7 Å². The van der Waals surface area contributed by atoms with Crippen molar-refractivity contribution in [1.29, 1.82) is 0 Å². The number of nitrogens with zero attached hydrogens (tertiary/aromatic N) is 2. The molecule has 0 saturated carbocycles. The number of ether oxygens (including phenoxy) is 1. The summed E-state index contributed by atoms with van der Waals surface area (Å²) in [6.45, 7) is 4.29. The molecule has 1 aromatic carbocycles. The quantitative estimate of drug-likeness (QED) is 0.817. The molecule has 22 heavy (non-hydrogen) atoms. The van der Waals surface area contributed by atoms with Crippen LogP contribution in [0.3, 0.4) is 0 Å². The van der Waals surface area contributed by atoms with Gasteiger partial charge in [0.1, 0.15) is 5.75 Å². The molecule has 1 fully saturated rings. The van der Waals surface area contributed by atoms with Gasteiger partial charge in [-0.2, -0.15) is 0 Å². The van der Waals surface area contributed by atoms with E-state index in [1.807, 2.05) is 34.9 Å². The molecule has 1 aliphatic rings. The molecule has 1 aliphatic heterocycles. The SMILES string of the molecule is CCC(=O)N1CCN(C(=O)Cc2cc(Br)ccc2OC)CC1. The van der Waals surface area contributed by atoms with Crippen molar-refractivity contribution in [3.8, 4) is 5.75 Å². The molecule has 1 aromatic rings. The lowest BCUT2D eigenvalue weighted by atomic mass is 10.1. The molecule has 0 N–H and O–H groups in total. The van der Waals surface area contributed by atoms with Gasteiger partial charge in [0.25, 0.3) is 0 Å². The van der Waals surface area contributed by atoms with Gasteiger partial charge in [0.2, 0.25) is 11.8 Å². The average molecular weight is 369 g/mol. The Balaban J connectivity index is 1.96. The van der Waals surface area contributed by atoms with Gasteiger partial charge in [0, 0.05) is 42.6 Å². The third-order valence-electron chi connectivity index (χ3n) is 3.87. The number of hydrogen-bond donors (Lipinski definition) is 0. The smallest absolute Gasteiger partial charge is 0.227 e. The lowest BCUT2D eigenvalue weighted by Gasteiger charge is -2.34. The molecule has 0 atom stereocenters. The molecule has 0 aliphatic carbocycles. The topological polar surface area (TPSA) is 49.9 Å². The van der Waals surface area contributed by atoms with Gasteiger partial charge in [-0.25, -0.2) is 0 Å². The van der Waals surface area contributed by atoms with E-state index in [0.29, 0.717) is 39.0 Å². The van der Waals surface area contributed by atoms with Crippen LogP contribution in [-0.4, -0.2) is 54.9 Å². The van der Waals surface area contributed by atoms with Crippen LogP contribution in [0.5, 0.6) is 5.75 Å². The first kappa shape index (κ1) is 16.8. The first-order chi connectivity index (χ1) is 10.5. The molecule has 0 unspecified atom stereocenters. The Morgan fingerprint density at radius 2 is 1.73 bits per heavy atom. The molecule has 0 bridgehead atoms. The first-order valence-corrected chi connectivity index (χ1v) is 8.22. The Morgan fingerprint density at radius 1 is 1.14 bits per heavy atom. The van der Waals surface area contributed by atoms with E-state index in [9.17, 15) is 9.59 Å². The van der Waals surface area contributed by atoms with Gasteiger partial charge < -0.3 is 14.5 Å². The van der Waals surface area contributed by atoms with Gasteiger partial charge in [-0.3, -0.25) is 9.59 Å². The molecule has 2 rings (SSSR count). The summed E-state index contributed by atoms with van der Waals surface area (Å²) in [6.07, 6.45) is 0.827. The van der Waals surface area contributed by atoms with Crippen LogP contribution in [0.25, 0.3) is 0 Å². The summed E-state index contributed by atoms with van der Waals surface area (Å²) < 4.78 is 6.23. The van der Waals surface area contributed by atoms with E-state index < -0.39 is 0 Å². The Kier molecular flexibility index (Phi) is 5.83. The Morgan fingerprint density at radius 3 is 2.27 bits per heavy atom. The minimum absolute atomic E-state index is 0.0694. The predicted molar refractivity (Wildman–Crippen MR) is 87.8 cm³/mol. The molecule has 0 radical (unpaired) electrons. The van der Waals surface area contributed by atoms with Crippen LogP contribution in [0.15, 0.2) is 22.7 Å². The number of methoxy groups -OCH3 is 1. The standard InChI is InChI=1S/C16H21BrN2O3/c1-3-15(20)18-6-8-19(9-7-18)16(21)11-12-10-13(17)4-5-14(12)22-2/h4-5,10H,3,6-9,11H2,1-2H3. The number of hydrogen-bond acceptors (Lipinski definition) is 3. The molecule has 5 nitrogen and oxygen atoms in total. The third kappa shape index (κ3) is 4.00. The molecule has 1 saturated heterocycles. The van der Waals surface area contributed by atoms with Crippen molar-refractivity contribution in [1.82, 2.24) is 9.80 Å². The number of benzene rings is 1. The van der Waals surface area contributed by atoms with Gasteiger partial charge in [-0.1, -0.05) is 22.9 Å². The average Bonchev–Trinajstić information content (AvgIpc) is 2.54. The van der Waals surface area contributed by atoms with Gasteiger partial charge in [-0.15, -0.1) is 0 Å². The van der Waals surface area contributed by atoms with Crippen LogP contribution in [0.2, 0.25) is 0 Å². The van der Waals surface area contributed by atoms with Crippen molar-refractivity contribution in [3.63, 3.8) is 0 Å². The van der Waals surface area contributed by atoms with Gasteiger partial charge in [0.15, 0.2) is 0 Å². The highest BCUT2D eigenvalue weighted by Crippen LogP contribution is 2.24. The monoisotopic (exact) mass is 368 g/mol. The number of amides is 2.